The van der Waals surface area contributed by atoms with Gasteiger partial charge in [-0.2, -0.15) is 0 Å². The third-order valence-electron chi connectivity index (χ3n) is 2.97. The van der Waals surface area contributed by atoms with Crippen LogP contribution >= 0.6 is 0 Å². The molecule has 1 fully saturated rings. The Morgan fingerprint density at radius 1 is 1.30 bits per heavy atom. The Bertz CT molecular complexity index is 518. The molecule has 4 amide bonds. The topological polar surface area (TPSA) is 98.7 Å². The summed E-state index contributed by atoms with van der Waals surface area (Å²) in [5.74, 6) is -1.18. The molecule has 1 aliphatic heterocycles. The van der Waals surface area contributed by atoms with Gasteiger partial charge >= 0.3 is 18.0 Å². The molecule has 7 nitrogen and oxygen atoms in total. The van der Waals surface area contributed by atoms with Crippen molar-refractivity contribution in [3.63, 3.8) is 0 Å². The molecule has 1 aromatic rings. The van der Waals surface area contributed by atoms with Gasteiger partial charge in [0.05, 0.1) is 0 Å². The van der Waals surface area contributed by atoms with Gasteiger partial charge in [0.25, 0.3) is 0 Å². The third-order valence-corrected chi connectivity index (χ3v) is 2.97. The lowest BCUT2D eigenvalue weighted by molar-refractivity contribution is -0.139. The van der Waals surface area contributed by atoms with Crippen LogP contribution in [0.5, 0.6) is 0 Å². The minimum absolute atomic E-state index is 0.277. The Labute approximate surface area is 115 Å². The van der Waals surface area contributed by atoms with Gasteiger partial charge in [0.15, 0.2) is 6.04 Å². The number of imide groups is 1. The molecular weight excluding hydrogens is 262 g/mol. The molecule has 1 unspecified atom stereocenters. The van der Waals surface area contributed by atoms with E-state index >= 15 is 0 Å². The average molecular weight is 277 g/mol. The first-order valence-corrected chi connectivity index (χ1v) is 6.23. The molecule has 0 aliphatic carbocycles. The molecule has 3 N–H and O–H groups in total. The Balaban J connectivity index is 2.10. The lowest BCUT2D eigenvalue weighted by Crippen LogP contribution is -2.53. The van der Waals surface area contributed by atoms with Crippen LogP contribution in [0, 0.1) is 0 Å². The number of nitrogens with one attached hydrogen (secondary N) is 2. The fourth-order valence-electron chi connectivity index (χ4n) is 1.96. The summed E-state index contributed by atoms with van der Waals surface area (Å²) in [6.07, 6.45) is 0.641. The maximum absolute atomic E-state index is 12.0. The van der Waals surface area contributed by atoms with Crippen molar-refractivity contribution in [3.05, 3.63) is 35.9 Å². The molecule has 0 aromatic heterocycles. The van der Waals surface area contributed by atoms with Crippen molar-refractivity contribution in [2.45, 2.75) is 12.5 Å². The minimum atomic E-state index is -1.18. The third kappa shape index (κ3) is 3.05. The summed E-state index contributed by atoms with van der Waals surface area (Å²) in [6, 6.07) is 5.94. The van der Waals surface area contributed by atoms with Gasteiger partial charge in [0, 0.05) is 13.1 Å². The number of benzene rings is 1. The van der Waals surface area contributed by atoms with Crippen molar-refractivity contribution >= 4 is 18.0 Å². The van der Waals surface area contributed by atoms with Gasteiger partial charge in [-0.15, -0.1) is 0 Å². The predicted octanol–water partition coefficient (Wildman–Crippen LogP) is 0.937. The van der Waals surface area contributed by atoms with Gasteiger partial charge in [0.1, 0.15) is 0 Å². The molecule has 7 heteroatoms. The van der Waals surface area contributed by atoms with Gasteiger partial charge < -0.3 is 15.7 Å². The summed E-state index contributed by atoms with van der Waals surface area (Å²) >= 11 is 0. The Morgan fingerprint density at radius 3 is 2.60 bits per heavy atom. The van der Waals surface area contributed by atoms with Crippen LogP contribution in [-0.4, -0.2) is 41.1 Å². The summed E-state index contributed by atoms with van der Waals surface area (Å²) in [6.45, 7) is 0.794. The number of carbonyl (C=O) groups excluding carboxylic acids is 2. The van der Waals surface area contributed by atoms with Gasteiger partial charge in [-0.05, 0) is 12.0 Å². The molecule has 0 saturated carbocycles. The van der Waals surface area contributed by atoms with Crippen LogP contribution in [0.3, 0.4) is 0 Å². The number of amides is 4. The van der Waals surface area contributed by atoms with E-state index in [1.807, 2.05) is 0 Å². The highest BCUT2D eigenvalue weighted by Crippen LogP contribution is 2.13. The first-order valence-electron chi connectivity index (χ1n) is 6.23. The second kappa shape index (κ2) is 6.05. The van der Waals surface area contributed by atoms with Gasteiger partial charge in [-0.25, -0.2) is 19.3 Å². The van der Waals surface area contributed by atoms with Crippen LogP contribution in [0.15, 0.2) is 30.3 Å². The molecule has 0 bridgehead atoms. The molecule has 1 atom stereocenters. The number of rotatable bonds is 3. The number of urea groups is 2. The van der Waals surface area contributed by atoms with E-state index in [1.54, 1.807) is 30.3 Å². The molecule has 20 heavy (non-hydrogen) atoms. The fourth-order valence-corrected chi connectivity index (χ4v) is 1.96. The smallest absolute Gasteiger partial charge is 0.330 e. The molecular formula is C13H15N3O4. The van der Waals surface area contributed by atoms with E-state index in [2.05, 4.69) is 10.6 Å². The second-order valence-corrected chi connectivity index (χ2v) is 4.37. The number of carboxylic acid groups (broad SMARTS) is 1. The van der Waals surface area contributed by atoms with E-state index in [1.165, 1.54) is 0 Å². The maximum atomic E-state index is 12.0. The first-order chi connectivity index (χ1) is 9.59. The number of aliphatic carboxylic acids is 1. The summed E-state index contributed by atoms with van der Waals surface area (Å²) in [5, 5.41) is 14.1. The van der Waals surface area contributed by atoms with Crippen LogP contribution in [0.2, 0.25) is 0 Å². The number of hydrogen-bond acceptors (Lipinski definition) is 3. The van der Waals surface area contributed by atoms with Crippen LogP contribution in [0.4, 0.5) is 9.59 Å². The SMILES string of the molecule is O=C(O)C(NC(=O)N1CCCNC1=O)c1ccccc1. The predicted molar refractivity (Wildman–Crippen MR) is 70.1 cm³/mol. The number of carbonyl (C=O) groups is 3. The first kappa shape index (κ1) is 13.9. The molecule has 1 saturated heterocycles. The minimum Gasteiger partial charge on any atom is -0.479 e. The highest BCUT2D eigenvalue weighted by molar-refractivity contribution is 5.95. The van der Waals surface area contributed by atoms with Crippen LogP contribution in [0.25, 0.3) is 0 Å². The summed E-state index contributed by atoms with van der Waals surface area (Å²) in [4.78, 5) is 35.8. The molecule has 0 radical (unpaired) electrons. The van der Waals surface area contributed by atoms with Gasteiger partial charge in [0.2, 0.25) is 0 Å². The van der Waals surface area contributed by atoms with Crippen LogP contribution < -0.4 is 10.6 Å². The van der Waals surface area contributed by atoms with Crippen LogP contribution in [0.1, 0.15) is 18.0 Å². The van der Waals surface area contributed by atoms with Crippen molar-refractivity contribution in [2.24, 2.45) is 0 Å². The molecule has 1 aromatic carbocycles. The van der Waals surface area contributed by atoms with E-state index in [0.29, 0.717) is 18.5 Å². The summed E-state index contributed by atoms with van der Waals surface area (Å²) < 4.78 is 0. The van der Waals surface area contributed by atoms with Crippen molar-refractivity contribution in [1.82, 2.24) is 15.5 Å². The Morgan fingerprint density at radius 2 is 2.00 bits per heavy atom. The highest BCUT2D eigenvalue weighted by atomic mass is 16.4. The lowest BCUT2D eigenvalue weighted by atomic mass is 10.1. The largest absolute Gasteiger partial charge is 0.479 e. The van der Waals surface area contributed by atoms with E-state index in [9.17, 15) is 19.5 Å². The number of hydrogen-bond donors (Lipinski definition) is 3. The molecule has 0 spiro atoms. The lowest BCUT2D eigenvalue weighted by Gasteiger charge is -2.27. The summed E-state index contributed by atoms with van der Waals surface area (Å²) in [7, 11) is 0. The average Bonchev–Trinajstić information content (AvgIpc) is 2.45. The molecule has 1 aliphatic rings. The Kier molecular flexibility index (Phi) is 4.19. The number of nitrogens with zero attached hydrogens (tertiary/aromatic N) is 1. The monoisotopic (exact) mass is 277 g/mol. The van der Waals surface area contributed by atoms with E-state index in [4.69, 9.17) is 0 Å². The van der Waals surface area contributed by atoms with Crippen molar-refractivity contribution < 1.29 is 19.5 Å². The van der Waals surface area contributed by atoms with Crippen molar-refractivity contribution in [2.75, 3.05) is 13.1 Å². The zero-order valence-corrected chi connectivity index (χ0v) is 10.7. The van der Waals surface area contributed by atoms with E-state index in [-0.39, 0.29) is 6.54 Å². The molecule has 106 valence electrons. The van der Waals surface area contributed by atoms with Crippen molar-refractivity contribution in [1.29, 1.82) is 0 Å². The van der Waals surface area contributed by atoms with E-state index in [0.717, 1.165) is 4.90 Å². The van der Waals surface area contributed by atoms with Crippen molar-refractivity contribution in [3.8, 4) is 0 Å². The quantitative estimate of drug-likeness (QED) is 0.765. The van der Waals surface area contributed by atoms with Gasteiger partial charge in [-0.1, -0.05) is 30.3 Å². The van der Waals surface area contributed by atoms with E-state index < -0.39 is 24.1 Å². The normalized spacial score (nSPS) is 16.2. The molecule has 1 heterocycles. The highest BCUT2D eigenvalue weighted by Gasteiger charge is 2.29. The fraction of sp³-hybridized carbons (Fsp3) is 0.308. The summed E-state index contributed by atoms with van der Waals surface area (Å²) in [5.41, 5.74) is 0.450. The zero-order chi connectivity index (χ0) is 14.5. The molecule has 2 rings (SSSR count). The number of carboxylic acids is 1. The second-order valence-electron chi connectivity index (χ2n) is 4.37. The van der Waals surface area contributed by atoms with Gasteiger partial charge in [-0.3, -0.25) is 0 Å². The standard InChI is InChI=1S/C13H15N3O4/c17-11(18)10(9-5-2-1-3-6-9)15-13(20)16-8-4-7-14-12(16)19/h1-3,5-6,10H,4,7-8H2,(H,14,19)(H,15,20)(H,17,18). The zero-order valence-electron chi connectivity index (χ0n) is 10.7. The Hall–Kier alpha value is -2.57. The maximum Gasteiger partial charge on any atom is 0.330 e. The van der Waals surface area contributed by atoms with Crippen LogP contribution in [-0.2, 0) is 4.79 Å².